The summed E-state index contributed by atoms with van der Waals surface area (Å²) >= 11 is 0. The number of unbranched alkanes of at least 4 members (excludes halogenated alkanes) is 34. The smallest absolute Gasteiger partial charge is 0.328 e. The molecule has 12 aromatic rings. The van der Waals surface area contributed by atoms with Crippen LogP contribution in [0, 0.1) is 50.4 Å². The average molecular weight is 1570 g/mol. The molecule has 10 nitrogen and oxygen atoms in total. The summed E-state index contributed by atoms with van der Waals surface area (Å²) in [6.07, 6.45) is 51.1. The van der Waals surface area contributed by atoms with Gasteiger partial charge in [0.2, 0.25) is 0 Å². The van der Waals surface area contributed by atoms with Crippen LogP contribution >= 0.6 is 0 Å². The molecule has 0 unspecified atom stereocenters. The molecule has 118 heavy (non-hydrogen) atoms. The molecular formula is C106H128B2N8O2. The first-order chi connectivity index (χ1) is 58.2. The van der Waals surface area contributed by atoms with Gasteiger partial charge in [-0.15, -0.1) is 0 Å². The molecule has 0 aliphatic carbocycles. The number of ether oxygens (including phenoxy) is 2. The maximum atomic E-state index is 12.8. The molecule has 0 N–H and O–H groups in total. The van der Waals surface area contributed by atoms with Gasteiger partial charge >= 0.3 is 13.7 Å². The molecule has 0 fully saturated rings. The Balaban J connectivity index is 0.985. The molecule has 0 bridgehead atoms. The molecule has 0 radical (unpaired) electrons. The van der Waals surface area contributed by atoms with E-state index in [4.69, 9.17) is 29.4 Å². The quantitative estimate of drug-likeness (QED) is 0.0272. The molecule has 0 spiro atoms. The van der Waals surface area contributed by atoms with Gasteiger partial charge in [-0.05, 0) is 147 Å². The highest BCUT2D eigenvalue weighted by atomic mass is 16.5. The van der Waals surface area contributed by atoms with Crippen molar-refractivity contribution >= 4 is 79.5 Å². The van der Waals surface area contributed by atoms with E-state index in [1.54, 1.807) is 12.4 Å². The van der Waals surface area contributed by atoms with Crippen LogP contribution in [0.15, 0.2) is 207 Å². The molecule has 12 heteroatoms. The summed E-state index contributed by atoms with van der Waals surface area (Å²) in [5, 5.41) is 28.2. The summed E-state index contributed by atoms with van der Waals surface area (Å²) in [6.45, 7) is 13.0. The predicted octanol–water partition coefficient (Wildman–Crippen LogP) is 24.5. The highest BCUT2D eigenvalue weighted by Crippen LogP contribution is 2.38. The molecule has 610 valence electrons. The number of fused-ring (bicyclic) bond motifs is 3. The van der Waals surface area contributed by atoms with Gasteiger partial charge < -0.3 is 18.4 Å². The zero-order chi connectivity index (χ0) is 81.9. The van der Waals surface area contributed by atoms with Crippen molar-refractivity contribution in [2.24, 2.45) is 0 Å². The van der Waals surface area contributed by atoms with Crippen LogP contribution in [0.3, 0.4) is 0 Å². The van der Waals surface area contributed by atoms with Crippen LogP contribution in [-0.2, 0) is 0 Å². The van der Waals surface area contributed by atoms with E-state index in [0.717, 1.165) is 126 Å². The van der Waals surface area contributed by atoms with Gasteiger partial charge in [0, 0.05) is 22.2 Å². The second-order valence-corrected chi connectivity index (χ2v) is 33.4. The van der Waals surface area contributed by atoms with Crippen LogP contribution in [0.25, 0.3) is 66.5 Å². The standard InChI is InChI=1S/C106H128B2N8O2/c1-7-9-11-13-15-17-19-21-23-25-27-29-31-33-35-37-39-53-71-117-91-67-63-85(64-68-91)103-101-102(106(94(78-110)100-80-112-96-74-82(4)84(6)76-98(96)114-100)115(103)107(87-55-45-41-46-56-87)88-57-47-42-48-58-88)104(86-65-69-92(70-66-86)118-72-54-40-38-36-34-32-30-28-26-24-22-20-18-16-14-12-10-8-2)116(108(89-59-49-43-50-60-89)90-61-51-44-52-62-90)105(101)93(77-109)99-79-111-95-73-81(3)83(5)75-97(95)113-99/h41-52,55-70,73-76,79-80H,7-40,53-54,71-72H2,1-6H3/b105-93-,106-94-. The zero-order valence-electron chi connectivity index (χ0n) is 72.0. The largest absolute Gasteiger partial charge is 0.494 e. The number of hydrogen-bond donors (Lipinski definition) is 0. The predicted molar refractivity (Wildman–Crippen MR) is 499 cm³/mol. The Bertz CT molecular complexity index is 4890. The van der Waals surface area contributed by atoms with Gasteiger partial charge in [-0.3, -0.25) is 9.97 Å². The Hall–Kier alpha value is -10.3. The monoisotopic (exact) mass is 1570 g/mol. The summed E-state index contributed by atoms with van der Waals surface area (Å²) in [5.74, 6) is 1.54. The van der Waals surface area contributed by atoms with Crippen molar-refractivity contribution < 1.29 is 9.47 Å². The van der Waals surface area contributed by atoms with Gasteiger partial charge in [0.05, 0.1) is 58.4 Å². The topological polar surface area (TPSA) is 127 Å². The third-order valence-corrected chi connectivity index (χ3v) is 24.5. The highest BCUT2D eigenvalue weighted by Gasteiger charge is 2.38. The Morgan fingerprint density at radius 1 is 0.314 bits per heavy atom. The average Bonchev–Trinajstić information content (AvgIpc) is 1.52. The fourth-order valence-corrected chi connectivity index (χ4v) is 17.5. The number of hydrogen-bond acceptors (Lipinski definition) is 8. The molecule has 0 aliphatic rings. The van der Waals surface area contributed by atoms with E-state index in [1.807, 2.05) is 0 Å². The van der Waals surface area contributed by atoms with Crippen LogP contribution in [0.1, 0.15) is 279 Å². The normalized spacial score (nSPS) is 12.0. The lowest BCUT2D eigenvalue weighted by molar-refractivity contribution is 0.304. The minimum atomic E-state index is -0.581. The SMILES string of the molecule is CCCCCCCCCCCCCCCCCCCCOc1ccc(-c2c3/c(=C(\C#N)c4cnc5cc(C)c(C)cc5n4)n(B(c4ccccc4)c4ccccc4)c(-c4ccc(OCCCCCCCCCCCCCCCCCCCC)cc4)c3/c(=C(\C#N)c3cnc4cc(C)c(C)cc4n3)n2B(c2ccccc2)c2ccccc2)cc1. The van der Waals surface area contributed by atoms with E-state index in [1.165, 1.54) is 205 Å². The molecule has 4 heterocycles. The van der Waals surface area contributed by atoms with E-state index in [9.17, 15) is 10.5 Å². The number of aryl methyl sites for hydroxylation is 4. The van der Waals surface area contributed by atoms with Gasteiger partial charge in [0.25, 0.3) is 0 Å². The van der Waals surface area contributed by atoms with Crippen molar-refractivity contribution in [3.05, 3.63) is 251 Å². The van der Waals surface area contributed by atoms with E-state index in [2.05, 4.69) is 257 Å². The molecular weight excluding hydrogens is 1440 g/mol. The Labute approximate surface area is 706 Å². The van der Waals surface area contributed by atoms with Crippen molar-refractivity contribution in [3.63, 3.8) is 0 Å². The summed E-state index contributed by atoms with van der Waals surface area (Å²) < 4.78 is 18.3. The third-order valence-electron chi connectivity index (χ3n) is 24.5. The van der Waals surface area contributed by atoms with Crippen LogP contribution in [0.5, 0.6) is 11.5 Å². The first-order valence-electron chi connectivity index (χ1n) is 45.7. The molecule has 0 atom stereocenters. The molecule has 8 aromatic carbocycles. The molecule has 12 rings (SSSR count). The molecule has 0 saturated heterocycles. The molecule has 0 saturated carbocycles. The summed E-state index contributed by atoms with van der Waals surface area (Å²) in [4.78, 5) is 21.4. The maximum Gasteiger partial charge on any atom is 0.328 e. The second-order valence-electron chi connectivity index (χ2n) is 33.4. The third kappa shape index (κ3) is 23.6. The van der Waals surface area contributed by atoms with Gasteiger partial charge in [-0.25, -0.2) is 9.97 Å². The summed E-state index contributed by atoms with van der Waals surface area (Å²) in [5.41, 5.74) is 15.8. The Morgan fingerprint density at radius 3 is 0.814 bits per heavy atom. The van der Waals surface area contributed by atoms with Crippen molar-refractivity contribution in [2.75, 3.05) is 13.2 Å². The molecule has 4 aromatic heterocycles. The number of aromatic nitrogens is 6. The van der Waals surface area contributed by atoms with Crippen LogP contribution < -0.4 is 42.0 Å². The lowest BCUT2D eigenvalue weighted by Gasteiger charge is -2.24. The van der Waals surface area contributed by atoms with E-state index >= 15 is 0 Å². The zero-order valence-corrected chi connectivity index (χ0v) is 72.0. The number of benzene rings is 8. The van der Waals surface area contributed by atoms with Crippen molar-refractivity contribution in [1.82, 2.24) is 28.9 Å². The van der Waals surface area contributed by atoms with E-state index in [-0.39, 0.29) is 0 Å². The first-order valence-corrected chi connectivity index (χ1v) is 45.7. The van der Waals surface area contributed by atoms with Crippen molar-refractivity contribution in [1.29, 1.82) is 10.5 Å². The lowest BCUT2D eigenvalue weighted by Crippen LogP contribution is -2.54. The fourth-order valence-electron chi connectivity index (χ4n) is 17.5. The molecule has 0 amide bonds. The lowest BCUT2D eigenvalue weighted by atomic mass is 9.50. The Kier molecular flexibility index (Phi) is 34.5. The van der Waals surface area contributed by atoms with E-state index < -0.39 is 13.7 Å². The van der Waals surface area contributed by atoms with Crippen LogP contribution in [0.2, 0.25) is 0 Å². The van der Waals surface area contributed by atoms with Gasteiger partial charge in [-0.1, -0.05) is 375 Å². The Morgan fingerprint density at radius 2 is 0.559 bits per heavy atom. The van der Waals surface area contributed by atoms with Gasteiger partial charge in [0.15, 0.2) is 0 Å². The van der Waals surface area contributed by atoms with Crippen molar-refractivity contribution in [2.45, 2.75) is 273 Å². The minimum Gasteiger partial charge on any atom is -0.494 e. The fraction of sp³-hybridized carbons (Fsp3) is 0.415. The highest BCUT2D eigenvalue weighted by molar-refractivity contribution is 6.85. The first kappa shape index (κ1) is 87.0. The molecule has 0 aliphatic heterocycles. The number of nitriles is 2. The summed E-state index contributed by atoms with van der Waals surface area (Å²) in [7, 11) is 0. The second kappa shape index (κ2) is 46.7. The number of rotatable bonds is 50. The minimum absolute atomic E-state index is 0.310. The van der Waals surface area contributed by atoms with Crippen LogP contribution in [-0.4, -0.2) is 55.8 Å². The maximum absolute atomic E-state index is 12.8. The van der Waals surface area contributed by atoms with Crippen molar-refractivity contribution in [3.8, 4) is 46.2 Å². The van der Waals surface area contributed by atoms with Gasteiger partial charge in [0.1, 0.15) is 46.2 Å². The van der Waals surface area contributed by atoms with E-state index in [0.29, 0.717) is 57.5 Å². The summed E-state index contributed by atoms with van der Waals surface area (Å²) in [6, 6.07) is 73.7. The van der Waals surface area contributed by atoms with Gasteiger partial charge in [-0.2, -0.15) is 10.5 Å². The van der Waals surface area contributed by atoms with Crippen LogP contribution in [0.4, 0.5) is 0 Å². The number of nitrogens with zero attached hydrogens (tertiary/aromatic N) is 8.